The highest BCUT2D eigenvalue weighted by atomic mass is 32.2. The number of nitrogens with one attached hydrogen (secondary N) is 1. The third kappa shape index (κ3) is 6.91. The number of sulfonamides is 1. The summed E-state index contributed by atoms with van der Waals surface area (Å²) >= 11 is 0. The molecule has 0 fully saturated rings. The summed E-state index contributed by atoms with van der Waals surface area (Å²) in [6.45, 7) is 4.30. The van der Waals surface area contributed by atoms with Crippen molar-refractivity contribution in [2.24, 2.45) is 5.92 Å². The monoisotopic (exact) mass is 554 g/mol. The fourth-order valence-electron chi connectivity index (χ4n) is 5.33. The molecule has 0 radical (unpaired) electrons. The molecule has 3 N–H and O–H groups in total. The molecule has 0 heterocycles. The normalized spacial score (nSPS) is 14.9. The Kier molecular flexibility index (Phi) is 8.56. The van der Waals surface area contributed by atoms with Crippen LogP contribution < -0.4 is 5.32 Å². The highest BCUT2D eigenvalue weighted by Crippen LogP contribution is 2.32. The second kappa shape index (κ2) is 11.6. The van der Waals surface area contributed by atoms with Gasteiger partial charge in [-0.2, -0.15) is 4.31 Å². The molecule has 0 amide bonds. The summed E-state index contributed by atoms with van der Waals surface area (Å²) in [5.74, 6) is -1.50. The number of aromatic carboxylic acids is 1. The van der Waals surface area contributed by atoms with Gasteiger partial charge in [-0.15, -0.1) is 0 Å². The van der Waals surface area contributed by atoms with Crippen molar-refractivity contribution in [2.45, 2.75) is 49.6 Å². The number of aliphatic hydroxyl groups is 1. The second-order valence-electron chi connectivity index (χ2n) is 11.0. The molecule has 7 nitrogen and oxygen atoms in total. The Morgan fingerprint density at radius 1 is 1.08 bits per heavy atom. The lowest BCUT2D eigenvalue weighted by Gasteiger charge is -2.31. The molecule has 1 aliphatic carbocycles. The number of nitrogens with zero attached hydrogens (tertiary/aromatic N) is 1. The summed E-state index contributed by atoms with van der Waals surface area (Å²) in [6, 6.07) is 17.8. The first-order valence-corrected chi connectivity index (χ1v) is 14.4. The van der Waals surface area contributed by atoms with Crippen molar-refractivity contribution in [2.75, 3.05) is 20.1 Å². The van der Waals surface area contributed by atoms with E-state index in [0.717, 1.165) is 29.6 Å². The molecule has 39 heavy (non-hydrogen) atoms. The number of β-amino-alcohol motifs (C(OH)–C–C–N with tert-alkyl or cyclic N) is 1. The van der Waals surface area contributed by atoms with Gasteiger partial charge >= 0.3 is 5.97 Å². The van der Waals surface area contributed by atoms with E-state index in [4.69, 9.17) is 5.11 Å². The maximum absolute atomic E-state index is 14.6. The predicted octanol–water partition coefficient (Wildman–Crippen LogP) is 4.35. The third-order valence-corrected chi connectivity index (χ3v) is 9.11. The van der Waals surface area contributed by atoms with Crippen molar-refractivity contribution in [1.82, 2.24) is 9.62 Å². The van der Waals surface area contributed by atoms with Crippen molar-refractivity contribution in [3.05, 3.63) is 89.2 Å². The third-order valence-electron chi connectivity index (χ3n) is 7.29. The standard InChI is InChI=1S/C30H35FN2O5S/c1-30(2,17-20-13-21-7-4-5-8-22(21)14-20)32-18-25(34)19-33(3)39(37,38)26-10-6-9-23(15-26)27-12-11-24(29(35)36)16-28(27)31/h4-12,15-16,20,25,32,34H,13-14,17-19H2,1-3H3,(H,35,36). The highest BCUT2D eigenvalue weighted by molar-refractivity contribution is 7.89. The van der Waals surface area contributed by atoms with Crippen LogP contribution in [0.1, 0.15) is 41.8 Å². The molecule has 1 aliphatic rings. The average Bonchev–Trinajstić information content (AvgIpc) is 3.29. The molecule has 4 rings (SSSR count). The van der Waals surface area contributed by atoms with Gasteiger partial charge in [0, 0.05) is 31.2 Å². The van der Waals surface area contributed by atoms with Crippen LogP contribution in [0.4, 0.5) is 4.39 Å². The van der Waals surface area contributed by atoms with E-state index in [-0.39, 0.29) is 34.7 Å². The fourth-order valence-corrected chi connectivity index (χ4v) is 6.58. The zero-order chi connectivity index (χ0) is 28.4. The van der Waals surface area contributed by atoms with Crippen molar-refractivity contribution < 1.29 is 27.8 Å². The maximum atomic E-state index is 14.6. The average molecular weight is 555 g/mol. The van der Waals surface area contributed by atoms with E-state index in [9.17, 15) is 22.7 Å². The molecule has 0 spiro atoms. The smallest absolute Gasteiger partial charge is 0.335 e. The summed E-state index contributed by atoms with van der Waals surface area (Å²) in [7, 11) is -2.58. The Bertz CT molecular complexity index is 1430. The van der Waals surface area contributed by atoms with Gasteiger partial charge < -0.3 is 15.5 Å². The van der Waals surface area contributed by atoms with Gasteiger partial charge in [-0.3, -0.25) is 0 Å². The van der Waals surface area contributed by atoms with Crippen LogP contribution in [0.5, 0.6) is 0 Å². The number of fused-ring (bicyclic) bond motifs is 1. The fraction of sp³-hybridized carbons (Fsp3) is 0.367. The Balaban J connectivity index is 1.36. The van der Waals surface area contributed by atoms with Crippen molar-refractivity contribution in [3.8, 4) is 11.1 Å². The number of rotatable bonds is 11. The molecule has 0 saturated carbocycles. The number of benzene rings is 3. The first-order valence-electron chi connectivity index (χ1n) is 13.0. The van der Waals surface area contributed by atoms with Crippen molar-refractivity contribution >= 4 is 16.0 Å². The lowest BCUT2D eigenvalue weighted by molar-refractivity contribution is 0.0696. The summed E-state index contributed by atoms with van der Waals surface area (Å²) < 4.78 is 42.1. The van der Waals surface area contributed by atoms with Gasteiger partial charge in [0.05, 0.1) is 16.6 Å². The molecule has 9 heteroatoms. The van der Waals surface area contributed by atoms with Crippen LogP contribution in [0.3, 0.4) is 0 Å². The zero-order valence-electron chi connectivity index (χ0n) is 22.4. The number of hydrogen-bond acceptors (Lipinski definition) is 5. The Labute approximate surface area is 229 Å². The summed E-state index contributed by atoms with van der Waals surface area (Å²) in [4.78, 5) is 11.0. The van der Waals surface area contributed by atoms with Gasteiger partial charge in [-0.05, 0) is 80.0 Å². The Hall–Kier alpha value is -3.11. The van der Waals surface area contributed by atoms with Crippen LogP contribution in [0, 0.1) is 11.7 Å². The second-order valence-corrected chi connectivity index (χ2v) is 13.0. The molecule has 0 aromatic heterocycles. The number of halogens is 1. The number of carbonyl (C=O) groups is 1. The summed E-state index contributed by atoms with van der Waals surface area (Å²) in [6.07, 6.45) is 2.07. The first-order chi connectivity index (χ1) is 18.4. The topological polar surface area (TPSA) is 107 Å². The molecular formula is C30H35FN2O5S. The lowest BCUT2D eigenvalue weighted by atomic mass is 9.88. The van der Waals surface area contributed by atoms with Gasteiger partial charge in [0.25, 0.3) is 0 Å². The van der Waals surface area contributed by atoms with Crippen molar-refractivity contribution in [3.63, 3.8) is 0 Å². The van der Waals surface area contributed by atoms with E-state index in [1.54, 1.807) is 6.07 Å². The Morgan fingerprint density at radius 3 is 2.36 bits per heavy atom. The number of carboxylic acids is 1. The van der Waals surface area contributed by atoms with Gasteiger partial charge in [0.15, 0.2) is 0 Å². The minimum absolute atomic E-state index is 0.0505. The van der Waals surface area contributed by atoms with E-state index >= 15 is 0 Å². The molecule has 3 aromatic carbocycles. The maximum Gasteiger partial charge on any atom is 0.335 e. The van der Waals surface area contributed by atoms with Gasteiger partial charge in [-0.25, -0.2) is 17.6 Å². The predicted molar refractivity (Wildman–Crippen MR) is 149 cm³/mol. The largest absolute Gasteiger partial charge is 0.478 e. The molecule has 0 aliphatic heterocycles. The molecule has 1 atom stereocenters. The SMILES string of the molecule is CN(CC(O)CNC(C)(C)CC1Cc2ccccc2C1)S(=O)(=O)c1cccc(-c2ccc(C(=O)O)cc2F)c1. The van der Waals surface area contributed by atoms with Crippen LogP contribution in [-0.2, 0) is 22.9 Å². The van der Waals surface area contributed by atoms with Gasteiger partial charge in [0.1, 0.15) is 5.82 Å². The van der Waals surface area contributed by atoms with Crippen LogP contribution in [0.15, 0.2) is 71.6 Å². The number of likely N-dealkylation sites (N-methyl/N-ethyl adjacent to an activating group) is 1. The lowest BCUT2D eigenvalue weighted by Crippen LogP contribution is -2.47. The summed E-state index contributed by atoms with van der Waals surface area (Å²) in [5, 5.41) is 23.1. The van der Waals surface area contributed by atoms with E-state index < -0.39 is 27.9 Å². The van der Waals surface area contributed by atoms with Gasteiger partial charge in [-0.1, -0.05) is 42.5 Å². The van der Waals surface area contributed by atoms with E-state index in [1.165, 1.54) is 48.5 Å². The zero-order valence-corrected chi connectivity index (χ0v) is 23.2. The minimum atomic E-state index is -3.97. The van der Waals surface area contributed by atoms with Crippen LogP contribution in [0.25, 0.3) is 11.1 Å². The Morgan fingerprint density at radius 2 is 1.74 bits per heavy atom. The molecule has 0 bridgehead atoms. The van der Waals surface area contributed by atoms with Gasteiger partial charge in [0.2, 0.25) is 10.0 Å². The van der Waals surface area contributed by atoms with Crippen molar-refractivity contribution in [1.29, 1.82) is 0 Å². The molecule has 208 valence electrons. The first kappa shape index (κ1) is 28.9. The number of carboxylic acid groups (broad SMARTS) is 1. The molecule has 3 aromatic rings. The van der Waals surface area contributed by atoms with E-state index in [0.29, 0.717) is 11.5 Å². The molecule has 1 unspecified atom stereocenters. The number of aliphatic hydroxyl groups excluding tert-OH is 1. The van der Waals surface area contributed by atoms with Crippen LogP contribution in [0.2, 0.25) is 0 Å². The van der Waals surface area contributed by atoms with Crippen LogP contribution in [-0.4, -0.2) is 60.7 Å². The van der Waals surface area contributed by atoms with Crippen LogP contribution >= 0.6 is 0 Å². The van der Waals surface area contributed by atoms with E-state index in [2.05, 4.69) is 43.4 Å². The summed E-state index contributed by atoms with van der Waals surface area (Å²) in [5.41, 5.74) is 2.76. The highest BCUT2D eigenvalue weighted by Gasteiger charge is 2.29. The number of hydrogen-bond donors (Lipinski definition) is 3. The molecule has 0 saturated heterocycles. The molecular weight excluding hydrogens is 519 g/mol. The quantitative estimate of drug-likeness (QED) is 0.326. The minimum Gasteiger partial charge on any atom is -0.478 e. The van der Waals surface area contributed by atoms with E-state index in [1.807, 2.05) is 0 Å².